The van der Waals surface area contributed by atoms with Crippen molar-refractivity contribution in [2.24, 2.45) is 17.8 Å². The van der Waals surface area contributed by atoms with Gasteiger partial charge in [0.15, 0.2) is 0 Å². The zero-order valence-electron chi connectivity index (χ0n) is 14.3. The highest BCUT2D eigenvalue weighted by molar-refractivity contribution is 6.01. The van der Waals surface area contributed by atoms with E-state index < -0.39 is 0 Å². The highest BCUT2D eigenvalue weighted by Gasteiger charge is 2.40. The van der Waals surface area contributed by atoms with Crippen molar-refractivity contribution in [2.75, 3.05) is 25.0 Å². The summed E-state index contributed by atoms with van der Waals surface area (Å²) < 4.78 is 2.04. The van der Waals surface area contributed by atoms with Crippen LogP contribution in [0.25, 0.3) is 0 Å². The van der Waals surface area contributed by atoms with Crippen LogP contribution in [0.1, 0.15) is 29.3 Å². The molecule has 0 bridgehead atoms. The van der Waals surface area contributed by atoms with Gasteiger partial charge in [0.2, 0.25) is 5.82 Å². The zero-order chi connectivity index (χ0) is 16.8. The van der Waals surface area contributed by atoms with E-state index in [1.165, 1.54) is 25.9 Å². The number of amides is 1. The third kappa shape index (κ3) is 2.95. The van der Waals surface area contributed by atoms with Crippen LogP contribution < -0.4 is 5.32 Å². The van der Waals surface area contributed by atoms with Crippen molar-refractivity contribution in [3.05, 3.63) is 42.0 Å². The highest BCUT2D eigenvalue weighted by atomic mass is 16.2. The molecule has 0 spiro atoms. The lowest BCUT2D eigenvalue weighted by molar-refractivity contribution is 0.100. The van der Waals surface area contributed by atoms with Crippen LogP contribution in [-0.4, -0.2) is 45.2 Å². The molecule has 1 N–H and O–H groups in total. The standard InChI is InChI=1S/C19H23N5O/c25-19(20-16-4-2-1-3-5-16)18-22-21-17-8-14-10-23(9-13-6-7-13)11-15(14)12-24(17)18/h1-5,13-15H,6-12H2,(H,20,25)/t14-,15-/m0/s1. The van der Waals surface area contributed by atoms with Gasteiger partial charge in [-0.3, -0.25) is 4.79 Å². The van der Waals surface area contributed by atoms with E-state index in [4.69, 9.17) is 0 Å². The minimum Gasteiger partial charge on any atom is -0.319 e. The minimum absolute atomic E-state index is 0.170. The third-order valence-corrected chi connectivity index (χ3v) is 5.79. The van der Waals surface area contributed by atoms with Gasteiger partial charge >= 0.3 is 0 Å². The SMILES string of the molecule is O=C(Nc1ccccc1)c1nnc2n1C[C@@H]1CN(CC3CC3)C[C@@H]1C2. The average molecular weight is 337 g/mol. The van der Waals surface area contributed by atoms with Crippen LogP contribution in [0.5, 0.6) is 0 Å². The molecule has 1 amide bonds. The number of carbonyl (C=O) groups excluding carboxylic acids is 1. The van der Waals surface area contributed by atoms with Crippen molar-refractivity contribution < 1.29 is 4.79 Å². The summed E-state index contributed by atoms with van der Waals surface area (Å²) in [7, 11) is 0. The summed E-state index contributed by atoms with van der Waals surface area (Å²) in [5.41, 5.74) is 0.787. The molecule has 2 fully saturated rings. The predicted molar refractivity (Wildman–Crippen MR) is 94.3 cm³/mol. The fourth-order valence-electron chi connectivity index (χ4n) is 4.31. The summed E-state index contributed by atoms with van der Waals surface area (Å²) in [6, 6.07) is 9.52. The van der Waals surface area contributed by atoms with Crippen molar-refractivity contribution >= 4 is 11.6 Å². The van der Waals surface area contributed by atoms with Crippen LogP contribution in [0.15, 0.2) is 30.3 Å². The number of carbonyl (C=O) groups is 1. The number of rotatable bonds is 4. The van der Waals surface area contributed by atoms with E-state index in [1.54, 1.807) is 0 Å². The Balaban J connectivity index is 1.31. The molecule has 5 rings (SSSR count). The molecule has 6 nitrogen and oxygen atoms in total. The fraction of sp³-hybridized carbons (Fsp3) is 0.526. The van der Waals surface area contributed by atoms with Gasteiger partial charge in [0.25, 0.3) is 5.91 Å². The number of para-hydroxylation sites is 1. The molecule has 2 aliphatic heterocycles. The first-order chi connectivity index (χ1) is 12.3. The number of hydrogen-bond donors (Lipinski definition) is 1. The molecule has 25 heavy (non-hydrogen) atoms. The van der Waals surface area contributed by atoms with Crippen LogP contribution in [0.4, 0.5) is 5.69 Å². The number of likely N-dealkylation sites (tertiary alicyclic amines) is 1. The highest BCUT2D eigenvalue weighted by Crippen LogP contribution is 2.36. The Hall–Kier alpha value is -2.21. The van der Waals surface area contributed by atoms with Crippen LogP contribution in [0.2, 0.25) is 0 Å². The summed E-state index contributed by atoms with van der Waals surface area (Å²) >= 11 is 0. The minimum atomic E-state index is -0.170. The number of hydrogen-bond acceptors (Lipinski definition) is 4. The van der Waals surface area contributed by atoms with Gasteiger partial charge in [-0.25, -0.2) is 0 Å². The maximum absolute atomic E-state index is 12.6. The van der Waals surface area contributed by atoms with Gasteiger partial charge in [-0.05, 0) is 42.7 Å². The van der Waals surface area contributed by atoms with Gasteiger partial charge in [0.1, 0.15) is 5.82 Å². The van der Waals surface area contributed by atoms with E-state index in [0.29, 0.717) is 17.7 Å². The molecule has 6 heteroatoms. The van der Waals surface area contributed by atoms with Crippen molar-refractivity contribution in [2.45, 2.75) is 25.8 Å². The lowest BCUT2D eigenvalue weighted by atomic mass is 9.89. The first kappa shape index (κ1) is 15.1. The van der Waals surface area contributed by atoms with E-state index in [9.17, 15) is 4.79 Å². The summed E-state index contributed by atoms with van der Waals surface area (Å²) in [4.78, 5) is 15.2. The number of nitrogens with one attached hydrogen (secondary N) is 1. The van der Waals surface area contributed by atoms with Crippen molar-refractivity contribution in [1.82, 2.24) is 19.7 Å². The zero-order valence-corrected chi connectivity index (χ0v) is 14.3. The molecule has 3 aliphatic rings. The first-order valence-corrected chi connectivity index (χ1v) is 9.27. The van der Waals surface area contributed by atoms with Crippen LogP contribution in [0, 0.1) is 17.8 Å². The Morgan fingerprint density at radius 2 is 1.88 bits per heavy atom. The summed E-state index contributed by atoms with van der Waals surface area (Å²) in [6.07, 6.45) is 3.75. The van der Waals surface area contributed by atoms with Gasteiger partial charge in [-0.2, -0.15) is 0 Å². The summed E-state index contributed by atoms with van der Waals surface area (Å²) in [6.45, 7) is 4.46. The molecular formula is C19H23N5O. The number of aromatic nitrogens is 3. The molecular weight excluding hydrogens is 314 g/mol. The maximum atomic E-state index is 12.6. The lowest BCUT2D eigenvalue weighted by Crippen LogP contribution is -2.31. The quantitative estimate of drug-likeness (QED) is 0.927. The molecule has 130 valence electrons. The fourth-order valence-corrected chi connectivity index (χ4v) is 4.31. The maximum Gasteiger partial charge on any atom is 0.293 e. The second-order valence-electron chi connectivity index (χ2n) is 7.76. The van der Waals surface area contributed by atoms with Crippen molar-refractivity contribution in [3.8, 4) is 0 Å². The number of benzene rings is 1. The van der Waals surface area contributed by atoms with Crippen LogP contribution in [0.3, 0.4) is 0 Å². The molecule has 1 aromatic carbocycles. The number of nitrogens with zero attached hydrogens (tertiary/aromatic N) is 4. The smallest absolute Gasteiger partial charge is 0.293 e. The Labute approximate surface area is 147 Å². The van der Waals surface area contributed by atoms with Crippen molar-refractivity contribution in [3.63, 3.8) is 0 Å². The Morgan fingerprint density at radius 3 is 2.68 bits per heavy atom. The molecule has 1 aromatic heterocycles. The predicted octanol–water partition coefficient (Wildman–Crippen LogP) is 2.04. The second-order valence-corrected chi connectivity index (χ2v) is 7.76. The molecule has 0 radical (unpaired) electrons. The Morgan fingerprint density at radius 1 is 1.08 bits per heavy atom. The molecule has 2 atom stereocenters. The average Bonchev–Trinajstić information content (AvgIpc) is 3.19. The molecule has 3 heterocycles. The molecule has 1 saturated carbocycles. The Kier molecular flexibility index (Phi) is 3.59. The number of fused-ring (bicyclic) bond motifs is 2. The van der Waals surface area contributed by atoms with Crippen molar-refractivity contribution in [1.29, 1.82) is 0 Å². The lowest BCUT2D eigenvalue weighted by Gasteiger charge is -2.25. The molecule has 1 saturated heterocycles. The van der Waals surface area contributed by atoms with Crippen LogP contribution in [-0.2, 0) is 13.0 Å². The molecule has 1 aliphatic carbocycles. The molecule has 0 unspecified atom stereocenters. The largest absolute Gasteiger partial charge is 0.319 e. The number of anilines is 1. The topological polar surface area (TPSA) is 63.1 Å². The van der Waals surface area contributed by atoms with E-state index >= 15 is 0 Å². The van der Waals surface area contributed by atoms with E-state index in [2.05, 4.69) is 20.4 Å². The molecule has 2 aromatic rings. The van der Waals surface area contributed by atoms with E-state index in [1.807, 2.05) is 34.9 Å². The van der Waals surface area contributed by atoms with Gasteiger partial charge in [-0.15, -0.1) is 10.2 Å². The van der Waals surface area contributed by atoms with Gasteiger partial charge in [0, 0.05) is 38.3 Å². The summed E-state index contributed by atoms with van der Waals surface area (Å²) in [5, 5.41) is 11.4. The monoisotopic (exact) mass is 337 g/mol. The second kappa shape index (κ2) is 5.95. The van der Waals surface area contributed by atoms with Gasteiger partial charge < -0.3 is 14.8 Å². The van der Waals surface area contributed by atoms with Crippen LogP contribution >= 0.6 is 0 Å². The normalized spacial score (nSPS) is 25.4. The Bertz CT molecular complexity index is 782. The summed E-state index contributed by atoms with van der Waals surface area (Å²) in [5.74, 6) is 3.46. The third-order valence-electron chi connectivity index (χ3n) is 5.79. The van der Waals surface area contributed by atoms with Gasteiger partial charge in [-0.1, -0.05) is 18.2 Å². The first-order valence-electron chi connectivity index (χ1n) is 9.27. The van der Waals surface area contributed by atoms with E-state index in [-0.39, 0.29) is 5.91 Å². The van der Waals surface area contributed by atoms with Gasteiger partial charge in [0.05, 0.1) is 0 Å². The van der Waals surface area contributed by atoms with E-state index in [0.717, 1.165) is 36.9 Å².